The van der Waals surface area contributed by atoms with Crippen molar-refractivity contribution in [3.05, 3.63) is 24.2 Å². The first-order chi connectivity index (χ1) is 13.9. The lowest BCUT2D eigenvalue weighted by atomic mass is 10.0. The van der Waals surface area contributed by atoms with Crippen LogP contribution < -0.4 is 15.5 Å². The summed E-state index contributed by atoms with van der Waals surface area (Å²) in [6, 6.07) is 3.21. The molecule has 0 spiro atoms. The van der Waals surface area contributed by atoms with Crippen LogP contribution in [-0.2, 0) is 11.3 Å². The molecule has 10 heteroatoms. The highest BCUT2D eigenvalue weighted by atomic mass is 32.2. The second-order valence-corrected chi connectivity index (χ2v) is 8.55. The molecule has 0 bridgehead atoms. The average molecular weight is 421 g/mol. The third-order valence-electron chi connectivity index (χ3n) is 4.54. The number of piperidine rings is 1. The summed E-state index contributed by atoms with van der Waals surface area (Å²) in [6.45, 7) is 8.25. The molecule has 0 aromatic carbocycles. The maximum atomic E-state index is 12.1. The number of carbonyl (C=O) groups excluding carboxylic acids is 2. The SMILES string of the molecule is CC(C)NC(=O)NC(=O)CSc1nnc(N2CCC[C@H](C)C2)n1Cc1ccco1. The van der Waals surface area contributed by atoms with Crippen molar-refractivity contribution in [2.24, 2.45) is 5.92 Å². The first-order valence-corrected chi connectivity index (χ1v) is 10.8. The zero-order valence-corrected chi connectivity index (χ0v) is 17.9. The van der Waals surface area contributed by atoms with Crippen molar-refractivity contribution in [3.63, 3.8) is 0 Å². The number of aromatic nitrogens is 3. The van der Waals surface area contributed by atoms with Crippen LogP contribution in [0, 0.1) is 5.92 Å². The van der Waals surface area contributed by atoms with Crippen molar-refractivity contribution in [2.75, 3.05) is 23.7 Å². The highest BCUT2D eigenvalue weighted by Gasteiger charge is 2.24. The van der Waals surface area contributed by atoms with E-state index in [0.717, 1.165) is 31.2 Å². The predicted molar refractivity (Wildman–Crippen MR) is 111 cm³/mol. The molecule has 0 unspecified atom stereocenters. The molecular formula is C19H28N6O3S. The number of nitrogens with one attached hydrogen (secondary N) is 2. The van der Waals surface area contributed by atoms with Crippen LogP contribution in [0.3, 0.4) is 0 Å². The number of rotatable bonds is 7. The molecule has 3 amide bonds. The molecule has 1 fully saturated rings. The van der Waals surface area contributed by atoms with E-state index in [9.17, 15) is 9.59 Å². The van der Waals surface area contributed by atoms with Crippen LogP contribution >= 0.6 is 11.8 Å². The standard InChI is InChI=1S/C19H28N6O3S/c1-13(2)20-17(27)21-16(26)12-29-19-23-22-18(24-8-4-6-14(3)10-24)25(19)11-15-7-5-9-28-15/h5,7,9,13-14H,4,6,8,10-12H2,1-3H3,(H2,20,21,26,27)/t14-/m0/s1. The van der Waals surface area contributed by atoms with Crippen LogP contribution in [0.25, 0.3) is 0 Å². The molecule has 29 heavy (non-hydrogen) atoms. The number of urea groups is 1. The molecule has 2 aromatic heterocycles. The van der Waals surface area contributed by atoms with E-state index in [-0.39, 0.29) is 17.7 Å². The minimum atomic E-state index is -0.495. The van der Waals surface area contributed by atoms with Gasteiger partial charge in [0.2, 0.25) is 11.9 Å². The highest BCUT2D eigenvalue weighted by molar-refractivity contribution is 7.99. The summed E-state index contributed by atoms with van der Waals surface area (Å²) in [7, 11) is 0. The summed E-state index contributed by atoms with van der Waals surface area (Å²) in [4.78, 5) is 26.0. The van der Waals surface area contributed by atoms with Crippen molar-refractivity contribution in [2.45, 2.75) is 51.4 Å². The minimum absolute atomic E-state index is 0.0404. The molecule has 2 N–H and O–H groups in total. The Morgan fingerprint density at radius 2 is 2.21 bits per heavy atom. The monoisotopic (exact) mass is 420 g/mol. The van der Waals surface area contributed by atoms with E-state index in [0.29, 0.717) is 17.6 Å². The molecule has 9 nitrogen and oxygen atoms in total. The molecule has 0 saturated carbocycles. The molecule has 3 rings (SSSR count). The topological polar surface area (TPSA) is 105 Å². The molecule has 1 aliphatic heterocycles. The second kappa shape index (κ2) is 9.82. The summed E-state index contributed by atoms with van der Waals surface area (Å²) < 4.78 is 7.48. The van der Waals surface area contributed by atoms with Gasteiger partial charge in [-0.25, -0.2) is 4.79 Å². The Bertz CT molecular complexity index is 820. The number of hydrogen-bond donors (Lipinski definition) is 2. The third kappa shape index (κ3) is 5.99. The summed E-state index contributed by atoms with van der Waals surface area (Å²) in [6.07, 6.45) is 3.96. The van der Waals surface area contributed by atoms with Crippen molar-refractivity contribution < 1.29 is 14.0 Å². The quantitative estimate of drug-likeness (QED) is 0.663. The predicted octanol–water partition coefficient (Wildman–Crippen LogP) is 2.48. The maximum absolute atomic E-state index is 12.1. The lowest BCUT2D eigenvalue weighted by Gasteiger charge is -2.31. The number of nitrogens with zero attached hydrogens (tertiary/aromatic N) is 4. The van der Waals surface area contributed by atoms with E-state index in [2.05, 4.69) is 32.7 Å². The Hall–Kier alpha value is -2.49. The van der Waals surface area contributed by atoms with Gasteiger partial charge in [-0.2, -0.15) is 0 Å². The first kappa shape index (κ1) is 21.2. The summed E-state index contributed by atoms with van der Waals surface area (Å²) >= 11 is 1.25. The van der Waals surface area contributed by atoms with Crippen molar-refractivity contribution in [3.8, 4) is 0 Å². The van der Waals surface area contributed by atoms with Gasteiger partial charge in [0.25, 0.3) is 0 Å². The van der Waals surface area contributed by atoms with E-state index in [1.807, 2.05) is 30.5 Å². The van der Waals surface area contributed by atoms with E-state index in [4.69, 9.17) is 4.42 Å². The van der Waals surface area contributed by atoms with E-state index in [1.54, 1.807) is 6.26 Å². The maximum Gasteiger partial charge on any atom is 0.321 e. The average Bonchev–Trinajstić information content (AvgIpc) is 3.29. The molecule has 158 valence electrons. The molecule has 0 aliphatic carbocycles. The zero-order chi connectivity index (χ0) is 20.8. The van der Waals surface area contributed by atoms with Gasteiger partial charge in [-0.1, -0.05) is 18.7 Å². The molecule has 1 aliphatic rings. The van der Waals surface area contributed by atoms with Crippen molar-refractivity contribution in [1.29, 1.82) is 0 Å². The van der Waals surface area contributed by atoms with Gasteiger partial charge >= 0.3 is 6.03 Å². The van der Waals surface area contributed by atoms with Crippen LogP contribution in [0.15, 0.2) is 28.0 Å². The van der Waals surface area contributed by atoms with Crippen LogP contribution in [0.2, 0.25) is 0 Å². The minimum Gasteiger partial charge on any atom is -0.467 e. The van der Waals surface area contributed by atoms with Crippen LogP contribution in [-0.4, -0.2) is 51.6 Å². The van der Waals surface area contributed by atoms with Crippen LogP contribution in [0.5, 0.6) is 0 Å². The number of hydrogen-bond acceptors (Lipinski definition) is 7. The Labute approximate surface area is 174 Å². The van der Waals surface area contributed by atoms with Crippen LogP contribution in [0.4, 0.5) is 10.7 Å². The molecule has 3 heterocycles. The fourth-order valence-electron chi connectivity index (χ4n) is 3.28. The van der Waals surface area contributed by atoms with Crippen molar-refractivity contribution >= 4 is 29.6 Å². The molecule has 1 saturated heterocycles. The highest BCUT2D eigenvalue weighted by Crippen LogP contribution is 2.27. The normalized spacial score (nSPS) is 16.8. The summed E-state index contributed by atoms with van der Waals surface area (Å²) in [5.74, 6) is 1.86. The smallest absolute Gasteiger partial charge is 0.321 e. The first-order valence-electron chi connectivity index (χ1n) is 9.86. The Balaban J connectivity index is 1.70. The number of imide groups is 1. The molecule has 0 radical (unpaired) electrons. The van der Waals surface area contributed by atoms with E-state index in [1.165, 1.54) is 18.2 Å². The van der Waals surface area contributed by atoms with Gasteiger partial charge in [0, 0.05) is 19.1 Å². The van der Waals surface area contributed by atoms with Crippen LogP contribution in [0.1, 0.15) is 39.4 Å². The summed E-state index contributed by atoms with van der Waals surface area (Å²) in [5, 5.41) is 14.3. The molecular weight excluding hydrogens is 392 g/mol. The zero-order valence-electron chi connectivity index (χ0n) is 17.1. The van der Waals surface area contributed by atoms with E-state index < -0.39 is 6.03 Å². The fourth-order valence-corrected chi connectivity index (χ4v) is 4.01. The van der Waals surface area contributed by atoms with Crippen molar-refractivity contribution in [1.82, 2.24) is 25.4 Å². The third-order valence-corrected chi connectivity index (χ3v) is 5.50. The molecule has 2 aromatic rings. The van der Waals surface area contributed by atoms with Gasteiger partial charge in [-0.3, -0.25) is 14.7 Å². The largest absolute Gasteiger partial charge is 0.467 e. The fraction of sp³-hybridized carbons (Fsp3) is 0.579. The Morgan fingerprint density at radius 3 is 2.90 bits per heavy atom. The van der Waals surface area contributed by atoms with Gasteiger partial charge < -0.3 is 14.6 Å². The number of anilines is 1. The van der Waals surface area contributed by atoms with Gasteiger partial charge in [0.15, 0.2) is 5.16 Å². The van der Waals surface area contributed by atoms with Gasteiger partial charge in [-0.15, -0.1) is 10.2 Å². The number of furan rings is 1. The lowest BCUT2D eigenvalue weighted by Crippen LogP contribution is -2.43. The lowest BCUT2D eigenvalue weighted by molar-refractivity contribution is -0.117. The van der Waals surface area contributed by atoms with Gasteiger partial charge in [-0.05, 0) is 44.7 Å². The Morgan fingerprint density at radius 1 is 1.38 bits per heavy atom. The van der Waals surface area contributed by atoms with E-state index >= 15 is 0 Å². The number of carbonyl (C=O) groups is 2. The summed E-state index contributed by atoms with van der Waals surface area (Å²) in [5.41, 5.74) is 0. The Kier molecular flexibility index (Phi) is 7.18. The molecule has 1 atom stereocenters. The van der Waals surface area contributed by atoms with Gasteiger partial charge in [0.05, 0.1) is 18.6 Å². The second-order valence-electron chi connectivity index (χ2n) is 7.61. The number of thioether (sulfide) groups is 1. The number of amides is 3. The van der Waals surface area contributed by atoms with Gasteiger partial charge in [0.1, 0.15) is 5.76 Å².